The van der Waals surface area contributed by atoms with Gasteiger partial charge in [-0.1, -0.05) is 0 Å². The van der Waals surface area contributed by atoms with Crippen molar-refractivity contribution in [3.63, 3.8) is 0 Å². The first kappa shape index (κ1) is 14.8. The molecule has 122 valence electrons. The number of aromatic hydroxyl groups is 1. The second-order valence-corrected chi connectivity index (χ2v) is 6.78. The van der Waals surface area contributed by atoms with Crippen LogP contribution in [0.15, 0.2) is 24.5 Å². The number of thiophene rings is 1. The van der Waals surface area contributed by atoms with Gasteiger partial charge in [0, 0.05) is 17.0 Å². The summed E-state index contributed by atoms with van der Waals surface area (Å²) in [7, 11) is 0. The quantitative estimate of drug-likeness (QED) is 0.425. The van der Waals surface area contributed by atoms with E-state index in [-0.39, 0.29) is 17.1 Å². The molecule has 0 bridgehead atoms. The number of rotatable bonds is 3. The molecule has 8 heteroatoms. The van der Waals surface area contributed by atoms with Gasteiger partial charge in [-0.2, -0.15) is 0 Å². The number of hydrogen-bond acceptors (Lipinski definition) is 7. The Kier molecular flexibility index (Phi) is 3.53. The zero-order valence-corrected chi connectivity index (χ0v) is 13.5. The predicted octanol–water partition coefficient (Wildman–Crippen LogP) is 3.93. The zero-order valence-electron chi connectivity index (χ0n) is 12.7. The molecule has 0 fully saturated rings. The molecule has 0 radical (unpaired) electrons. The van der Waals surface area contributed by atoms with Crippen molar-refractivity contribution < 1.29 is 10.0 Å². The van der Waals surface area contributed by atoms with E-state index < -0.39 is 4.92 Å². The Balaban J connectivity index is 1.82. The first-order valence-corrected chi connectivity index (χ1v) is 8.45. The first-order valence-electron chi connectivity index (χ1n) is 7.63. The molecule has 7 nitrogen and oxygen atoms in total. The van der Waals surface area contributed by atoms with Crippen LogP contribution in [0.5, 0.6) is 5.75 Å². The van der Waals surface area contributed by atoms with E-state index in [1.54, 1.807) is 11.3 Å². The summed E-state index contributed by atoms with van der Waals surface area (Å²) in [6, 6.07) is 3.88. The molecule has 2 aromatic heterocycles. The SMILES string of the molecule is O=[N+]([O-])c1ccc(O)c(Nc2ncnc3sc4c(c23)CCCC4)c1. The average Bonchev–Trinajstić information content (AvgIpc) is 2.96. The number of nitrogens with one attached hydrogen (secondary N) is 1. The monoisotopic (exact) mass is 342 g/mol. The van der Waals surface area contributed by atoms with E-state index in [4.69, 9.17) is 0 Å². The number of phenolic OH excluding ortho intramolecular Hbond substituents is 1. The van der Waals surface area contributed by atoms with Crippen LogP contribution in [0.25, 0.3) is 10.2 Å². The van der Waals surface area contributed by atoms with E-state index in [0.29, 0.717) is 5.82 Å². The van der Waals surface area contributed by atoms with Crippen LogP contribution >= 0.6 is 11.3 Å². The molecule has 1 aromatic carbocycles. The van der Waals surface area contributed by atoms with Crippen LogP contribution in [0.3, 0.4) is 0 Å². The number of nitrogens with zero attached hydrogens (tertiary/aromatic N) is 3. The fourth-order valence-electron chi connectivity index (χ4n) is 3.05. The Morgan fingerprint density at radius 3 is 2.92 bits per heavy atom. The average molecular weight is 342 g/mol. The lowest BCUT2D eigenvalue weighted by molar-refractivity contribution is -0.384. The fraction of sp³-hybridized carbons (Fsp3) is 0.250. The summed E-state index contributed by atoms with van der Waals surface area (Å²) in [6.07, 6.45) is 5.83. The largest absolute Gasteiger partial charge is 0.506 e. The van der Waals surface area contributed by atoms with E-state index in [2.05, 4.69) is 15.3 Å². The molecular formula is C16H14N4O3S. The molecular weight excluding hydrogens is 328 g/mol. The van der Waals surface area contributed by atoms with Gasteiger partial charge >= 0.3 is 0 Å². The van der Waals surface area contributed by atoms with Crippen molar-refractivity contribution in [1.82, 2.24) is 9.97 Å². The highest BCUT2D eigenvalue weighted by Gasteiger charge is 2.20. The van der Waals surface area contributed by atoms with Gasteiger partial charge in [-0.3, -0.25) is 10.1 Å². The van der Waals surface area contributed by atoms with Gasteiger partial charge in [0.2, 0.25) is 0 Å². The number of benzene rings is 1. The number of phenols is 1. The third-order valence-corrected chi connectivity index (χ3v) is 5.40. The molecule has 0 saturated carbocycles. The highest BCUT2D eigenvalue weighted by molar-refractivity contribution is 7.19. The van der Waals surface area contributed by atoms with Crippen molar-refractivity contribution in [2.45, 2.75) is 25.7 Å². The van der Waals surface area contributed by atoms with Gasteiger partial charge in [-0.05, 0) is 37.3 Å². The number of aryl methyl sites for hydroxylation is 2. The molecule has 0 atom stereocenters. The minimum absolute atomic E-state index is 0.0588. The molecule has 3 aromatic rings. The van der Waals surface area contributed by atoms with Crippen molar-refractivity contribution in [3.8, 4) is 5.75 Å². The van der Waals surface area contributed by atoms with Gasteiger partial charge in [0.25, 0.3) is 5.69 Å². The molecule has 0 aliphatic heterocycles. The summed E-state index contributed by atoms with van der Waals surface area (Å²) >= 11 is 1.67. The maximum Gasteiger partial charge on any atom is 0.271 e. The number of aromatic nitrogens is 2. The number of nitro groups is 1. The third-order valence-electron chi connectivity index (χ3n) is 4.20. The molecule has 1 aliphatic carbocycles. The molecule has 0 saturated heterocycles. The van der Waals surface area contributed by atoms with Gasteiger partial charge in [0.1, 0.15) is 22.7 Å². The van der Waals surface area contributed by atoms with Crippen LogP contribution in [0.2, 0.25) is 0 Å². The lowest BCUT2D eigenvalue weighted by atomic mass is 9.97. The van der Waals surface area contributed by atoms with Crippen molar-refractivity contribution in [1.29, 1.82) is 0 Å². The zero-order chi connectivity index (χ0) is 16.7. The van der Waals surface area contributed by atoms with Crippen LogP contribution < -0.4 is 5.32 Å². The van der Waals surface area contributed by atoms with Gasteiger partial charge in [0.05, 0.1) is 16.0 Å². The molecule has 4 rings (SSSR count). The second-order valence-electron chi connectivity index (χ2n) is 5.70. The second kappa shape index (κ2) is 5.72. The molecule has 2 heterocycles. The smallest absolute Gasteiger partial charge is 0.271 e. The predicted molar refractivity (Wildman–Crippen MR) is 92.1 cm³/mol. The molecule has 24 heavy (non-hydrogen) atoms. The van der Waals surface area contributed by atoms with E-state index >= 15 is 0 Å². The van der Waals surface area contributed by atoms with E-state index in [1.165, 1.54) is 41.4 Å². The van der Waals surface area contributed by atoms with Gasteiger partial charge in [-0.25, -0.2) is 9.97 Å². The summed E-state index contributed by atoms with van der Waals surface area (Å²) in [5.74, 6) is 0.520. The summed E-state index contributed by atoms with van der Waals surface area (Å²) in [5.41, 5.74) is 1.43. The van der Waals surface area contributed by atoms with E-state index in [1.807, 2.05) is 0 Å². The molecule has 1 aliphatic rings. The van der Waals surface area contributed by atoms with Crippen molar-refractivity contribution >= 4 is 38.7 Å². The highest BCUT2D eigenvalue weighted by atomic mass is 32.1. The minimum Gasteiger partial charge on any atom is -0.506 e. The number of non-ortho nitro benzene ring substituents is 1. The summed E-state index contributed by atoms with van der Waals surface area (Å²) in [4.78, 5) is 21.4. The summed E-state index contributed by atoms with van der Waals surface area (Å²) in [5, 5.41) is 25.0. The number of anilines is 2. The topological polar surface area (TPSA) is 101 Å². The van der Waals surface area contributed by atoms with Crippen molar-refractivity contribution in [2.24, 2.45) is 0 Å². The van der Waals surface area contributed by atoms with Crippen molar-refractivity contribution in [3.05, 3.63) is 45.1 Å². The third kappa shape index (κ3) is 2.44. The highest BCUT2D eigenvalue weighted by Crippen LogP contribution is 2.40. The van der Waals surface area contributed by atoms with Crippen LogP contribution in [0.1, 0.15) is 23.3 Å². The molecule has 2 N–H and O–H groups in total. The molecule has 0 unspecified atom stereocenters. The van der Waals surface area contributed by atoms with Crippen molar-refractivity contribution in [2.75, 3.05) is 5.32 Å². The minimum atomic E-state index is -0.493. The number of fused-ring (bicyclic) bond motifs is 3. The molecule has 0 amide bonds. The standard InChI is InChI=1S/C16H14N4O3S/c21-12-6-5-9(20(22)23)7-11(12)19-15-14-10-3-1-2-4-13(10)24-16(14)18-8-17-15/h5-8,21H,1-4H2,(H,17,18,19). The van der Waals surface area contributed by atoms with E-state index in [0.717, 1.165) is 29.5 Å². The lowest BCUT2D eigenvalue weighted by Gasteiger charge is -2.13. The van der Waals surface area contributed by atoms with Gasteiger partial charge in [0.15, 0.2) is 0 Å². The summed E-state index contributed by atoms with van der Waals surface area (Å²) < 4.78 is 0. The maximum absolute atomic E-state index is 11.0. The molecule has 0 spiro atoms. The number of hydrogen-bond donors (Lipinski definition) is 2. The van der Waals surface area contributed by atoms with Crippen LogP contribution in [0, 0.1) is 10.1 Å². The Hall–Kier alpha value is -2.74. The fourth-order valence-corrected chi connectivity index (χ4v) is 4.28. The lowest BCUT2D eigenvalue weighted by Crippen LogP contribution is -2.01. The van der Waals surface area contributed by atoms with Crippen LogP contribution in [-0.4, -0.2) is 20.0 Å². The van der Waals surface area contributed by atoms with Gasteiger partial charge < -0.3 is 10.4 Å². The van der Waals surface area contributed by atoms with E-state index in [9.17, 15) is 15.2 Å². The van der Waals surface area contributed by atoms with Gasteiger partial charge in [-0.15, -0.1) is 11.3 Å². The van der Waals surface area contributed by atoms with Crippen LogP contribution in [0.4, 0.5) is 17.2 Å². The number of nitro benzene ring substituents is 1. The Bertz CT molecular complexity index is 954. The normalized spacial score (nSPS) is 13.7. The summed E-state index contributed by atoms with van der Waals surface area (Å²) in [6.45, 7) is 0. The maximum atomic E-state index is 11.0. The Morgan fingerprint density at radius 2 is 2.08 bits per heavy atom. The first-order chi connectivity index (χ1) is 11.6. The Labute approximate surface area is 141 Å². The Morgan fingerprint density at radius 1 is 1.25 bits per heavy atom. The van der Waals surface area contributed by atoms with Crippen LogP contribution in [-0.2, 0) is 12.8 Å².